The standard InChI is InChI=1S/C15H18N4O3/c1-4-18-11(3)13(9-17-18)8-16-15(20)12-6-5-10(2)14(7-12)19(21)22/h5-7,9H,4,8H2,1-3H3,(H,16,20). The molecule has 2 aromatic rings. The third-order valence-electron chi connectivity index (χ3n) is 3.61. The molecule has 0 unspecified atom stereocenters. The number of aromatic nitrogens is 2. The molecular weight excluding hydrogens is 284 g/mol. The zero-order chi connectivity index (χ0) is 16.3. The van der Waals surface area contributed by atoms with Gasteiger partial charge in [0.05, 0.1) is 11.1 Å². The fourth-order valence-corrected chi connectivity index (χ4v) is 2.20. The Kier molecular flexibility index (Phi) is 4.55. The van der Waals surface area contributed by atoms with E-state index >= 15 is 0 Å². The van der Waals surface area contributed by atoms with Crippen LogP contribution in [0.3, 0.4) is 0 Å². The van der Waals surface area contributed by atoms with Gasteiger partial charge in [-0.2, -0.15) is 5.10 Å². The molecule has 7 heteroatoms. The van der Waals surface area contributed by atoms with Crippen LogP contribution >= 0.6 is 0 Å². The fraction of sp³-hybridized carbons (Fsp3) is 0.333. The Morgan fingerprint density at radius 2 is 2.14 bits per heavy atom. The van der Waals surface area contributed by atoms with Crippen LogP contribution in [0, 0.1) is 24.0 Å². The number of nitrogens with one attached hydrogen (secondary N) is 1. The predicted octanol–water partition coefficient (Wildman–Crippen LogP) is 2.36. The number of hydrogen-bond donors (Lipinski definition) is 1. The zero-order valence-electron chi connectivity index (χ0n) is 12.8. The number of amides is 1. The van der Waals surface area contributed by atoms with E-state index in [1.165, 1.54) is 6.07 Å². The fourth-order valence-electron chi connectivity index (χ4n) is 2.20. The van der Waals surface area contributed by atoms with Crippen molar-refractivity contribution in [2.45, 2.75) is 33.9 Å². The van der Waals surface area contributed by atoms with Crippen LogP contribution in [0.2, 0.25) is 0 Å². The van der Waals surface area contributed by atoms with Crippen LogP contribution in [0.5, 0.6) is 0 Å². The maximum absolute atomic E-state index is 12.1. The van der Waals surface area contributed by atoms with Gasteiger partial charge in [0.2, 0.25) is 0 Å². The van der Waals surface area contributed by atoms with Gasteiger partial charge in [0, 0.05) is 41.5 Å². The normalized spacial score (nSPS) is 10.5. The second-order valence-corrected chi connectivity index (χ2v) is 5.01. The molecule has 0 fully saturated rings. The molecule has 2 rings (SSSR count). The van der Waals surface area contributed by atoms with Gasteiger partial charge in [0.1, 0.15) is 0 Å². The first-order valence-corrected chi connectivity index (χ1v) is 6.98. The van der Waals surface area contributed by atoms with Crippen LogP contribution in [0.15, 0.2) is 24.4 Å². The van der Waals surface area contributed by atoms with Gasteiger partial charge in [0.25, 0.3) is 11.6 Å². The summed E-state index contributed by atoms with van der Waals surface area (Å²) in [5.74, 6) is -0.341. The number of nitrogens with zero attached hydrogens (tertiary/aromatic N) is 3. The van der Waals surface area contributed by atoms with E-state index in [0.717, 1.165) is 17.8 Å². The van der Waals surface area contributed by atoms with Gasteiger partial charge in [-0.3, -0.25) is 19.6 Å². The molecule has 0 radical (unpaired) electrons. The molecule has 0 aliphatic carbocycles. The van der Waals surface area contributed by atoms with E-state index in [1.807, 2.05) is 18.5 Å². The minimum Gasteiger partial charge on any atom is -0.348 e. The monoisotopic (exact) mass is 302 g/mol. The molecule has 0 atom stereocenters. The largest absolute Gasteiger partial charge is 0.348 e. The summed E-state index contributed by atoms with van der Waals surface area (Å²) < 4.78 is 1.85. The van der Waals surface area contributed by atoms with E-state index in [1.54, 1.807) is 25.3 Å². The molecule has 1 amide bonds. The summed E-state index contributed by atoms with van der Waals surface area (Å²) in [7, 11) is 0. The predicted molar refractivity (Wildman–Crippen MR) is 81.6 cm³/mol. The number of benzene rings is 1. The van der Waals surface area contributed by atoms with Crippen molar-refractivity contribution in [2.24, 2.45) is 0 Å². The molecule has 1 N–H and O–H groups in total. The maximum atomic E-state index is 12.1. The molecule has 116 valence electrons. The lowest BCUT2D eigenvalue weighted by atomic mass is 10.1. The highest BCUT2D eigenvalue weighted by atomic mass is 16.6. The molecule has 0 spiro atoms. The number of carbonyl (C=O) groups excluding carboxylic acids is 1. The summed E-state index contributed by atoms with van der Waals surface area (Å²) in [5.41, 5.74) is 2.68. The van der Waals surface area contributed by atoms with Crippen LogP contribution in [-0.4, -0.2) is 20.6 Å². The minimum absolute atomic E-state index is 0.0531. The summed E-state index contributed by atoms with van der Waals surface area (Å²) in [5, 5.41) is 17.9. The Labute approximate surface area is 128 Å². The summed E-state index contributed by atoms with van der Waals surface area (Å²) in [4.78, 5) is 22.6. The van der Waals surface area contributed by atoms with E-state index in [2.05, 4.69) is 10.4 Å². The average Bonchev–Trinajstić information content (AvgIpc) is 2.85. The van der Waals surface area contributed by atoms with Crippen LogP contribution < -0.4 is 5.32 Å². The molecule has 1 aromatic heterocycles. The summed E-state index contributed by atoms with van der Waals surface area (Å²) in [6.07, 6.45) is 1.72. The van der Waals surface area contributed by atoms with Crippen molar-refractivity contribution in [1.29, 1.82) is 0 Å². The SMILES string of the molecule is CCn1ncc(CNC(=O)c2ccc(C)c([N+](=O)[O-])c2)c1C. The van der Waals surface area contributed by atoms with E-state index < -0.39 is 4.92 Å². The van der Waals surface area contributed by atoms with Crippen molar-refractivity contribution >= 4 is 11.6 Å². The second kappa shape index (κ2) is 6.38. The topological polar surface area (TPSA) is 90.1 Å². The smallest absolute Gasteiger partial charge is 0.273 e. The van der Waals surface area contributed by atoms with Crippen LogP contribution in [-0.2, 0) is 13.1 Å². The zero-order valence-corrected chi connectivity index (χ0v) is 12.8. The first-order chi connectivity index (χ1) is 10.4. The molecule has 1 aromatic carbocycles. The quantitative estimate of drug-likeness (QED) is 0.678. The van der Waals surface area contributed by atoms with Gasteiger partial charge in [-0.25, -0.2) is 0 Å². The Morgan fingerprint density at radius 1 is 1.41 bits per heavy atom. The number of nitro benzene ring substituents is 1. The van der Waals surface area contributed by atoms with E-state index in [-0.39, 0.29) is 17.2 Å². The van der Waals surface area contributed by atoms with Crippen molar-refractivity contribution < 1.29 is 9.72 Å². The van der Waals surface area contributed by atoms with Crippen molar-refractivity contribution in [3.63, 3.8) is 0 Å². The number of carbonyl (C=O) groups is 1. The van der Waals surface area contributed by atoms with Gasteiger partial charge >= 0.3 is 0 Å². The van der Waals surface area contributed by atoms with Gasteiger partial charge in [-0.1, -0.05) is 6.07 Å². The average molecular weight is 302 g/mol. The summed E-state index contributed by atoms with van der Waals surface area (Å²) in [6, 6.07) is 4.46. The van der Waals surface area contributed by atoms with Gasteiger partial charge in [0.15, 0.2) is 0 Å². The van der Waals surface area contributed by atoms with Crippen molar-refractivity contribution in [3.8, 4) is 0 Å². The maximum Gasteiger partial charge on any atom is 0.273 e. The van der Waals surface area contributed by atoms with Gasteiger partial charge in [-0.05, 0) is 26.8 Å². The van der Waals surface area contributed by atoms with Crippen LogP contribution in [0.4, 0.5) is 5.69 Å². The number of aryl methyl sites for hydroxylation is 2. The molecule has 0 saturated heterocycles. The lowest BCUT2D eigenvalue weighted by Crippen LogP contribution is -2.23. The lowest BCUT2D eigenvalue weighted by molar-refractivity contribution is -0.385. The second-order valence-electron chi connectivity index (χ2n) is 5.01. The first-order valence-electron chi connectivity index (χ1n) is 6.98. The van der Waals surface area contributed by atoms with Crippen LogP contribution in [0.25, 0.3) is 0 Å². The Hall–Kier alpha value is -2.70. The number of rotatable bonds is 5. The molecule has 7 nitrogen and oxygen atoms in total. The van der Waals surface area contributed by atoms with E-state index in [4.69, 9.17) is 0 Å². The summed E-state index contributed by atoms with van der Waals surface area (Å²) >= 11 is 0. The Balaban J connectivity index is 2.11. The molecule has 0 aliphatic heterocycles. The third-order valence-corrected chi connectivity index (χ3v) is 3.61. The molecular formula is C15H18N4O3. The minimum atomic E-state index is -0.485. The van der Waals surface area contributed by atoms with Crippen molar-refractivity contribution in [1.82, 2.24) is 15.1 Å². The van der Waals surface area contributed by atoms with Gasteiger partial charge in [-0.15, -0.1) is 0 Å². The van der Waals surface area contributed by atoms with E-state index in [9.17, 15) is 14.9 Å². The molecule has 1 heterocycles. The first kappa shape index (κ1) is 15.7. The highest BCUT2D eigenvalue weighted by molar-refractivity contribution is 5.94. The highest BCUT2D eigenvalue weighted by Crippen LogP contribution is 2.19. The number of nitro groups is 1. The van der Waals surface area contributed by atoms with Gasteiger partial charge < -0.3 is 5.32 Å². The number of hydrogen-bond acceptors (Lipinski definition) is 4. The molecule has 22 heavy (non-hydrogen) atoms. The Bertz CT molecular complexity index is 722. The highest BCUT2D eigenvalue weighted by Gasteiger charge is 2.15. The molecule has 0 aliphatic rings. The lowest BCUT2D eigenvalue weighted by Gasteiger charge is -2.06. The Morgan fingerprint density at radius 3 is 2.73 bits per heavy atom. The third kappa shape index (κ3) is 3.13. The van der Waals surface area contributed by atoms with Crippen molar-refractivity contribution in [3.05, 3.63) is 56.9 Å². The van der Waals surface area contributed by atoms with Crippen LogP contribution in [0.1, 0.15) is 34.1 Å². The molecule has 0 bridgehead atoms. The molecule has 0 saturated carbocycles. The van der Waals surface area contributed by atoms with Crippen molar-refractivity contribution in [2.75, 3.05) is 0 Å². The van der Waals surface area contributed by atoms with E-state index in [0.29, 0.717) is 12.1 Å². The summed E-state index contributed by atoms with van der Waals surface area (Å²) in [6.45, 7) is 6.68.